The van der Waals surface area contributed by atoms with Gasteiger partial charge in [0.2, 0.25) is 5.91 Å². The lowest BCUT2D eigenvalue weighted by atomic mass is 9.87. The molecule has 0 aliphatic carbocycles. The van der Waals surface area contributed by atoms with E-state index in [1.165, 1.54) is 24.6 Å². The standard InChI is InChI=1S/C23H26FN3O3/c1-14(28)26-20-13-30-21(12-19(20)25)23(29)27-11-10-15-4-2-3-5-18(15)22(27)16-6-8-17(24)9-7-16/h2-9,19-22H,10-13,25H2,1H3,(H,26,28)/t19-,20?,21+,22-/m0/s1. The number of nitrogens with two attached hydrogens (primary N) is 1. The predicted octanol–water partition coefficient (Wildman–Crippen LogP) is 1.92. The molecule has 1 fully saturated rings. The Bertz CT molecular complexity index is 934. The van der Waals surface area contributed by atoms with E-state index in [9.17, 15) is 14.0 Å². The van der Waals surface area contributed by atoms with E-state index in [2.05, 4.69) is 11.4 Å². The number of amides is 2. The molecule has 0 aromatic heterocycles. The number of halogens is 1. The number of hydrogen-bond donors (Lipinski definition) is 2. The number of ether oxygens (including phenoxy) is 1. The summed E-state index contributed by atoms with van der Waals surface area (Å²) in [5, 5.41) is 2.77. The van der Waals surface area contributed by atoms with E-state index < -0.39 is 6.10 Å². The van der Waals surface area contributed by atoms with Gasteiger partial charge in [0.15, 0.2) is 0 Å². The minimum atomic E-state index is -0.668. The fourth-order valence-corrected chi connectivity index (χ4v) is 4.40. The highest BCUT2D eigenvalue weighted by Crippen LogP contribution is 2.36. The smallest absolute Gasteiger partial charge is 0.252 e. The summed E-state index contributed by atoms with van der Waals surface area (Å²) >= 11 is 0. The van der Waals surface area contributed by atoms with E-state index in [-0.39, 0.29) is 42.4 Å². The van der Waals surface area contributed by atoms with Crippen LogP contribution in [0.5, 0.6) is 0 Å². The molecule has 0 saturated carbocycles. The zero-order chi connectivity index (χ0) is 21.3. The van der Waals surface area contributed by atoms with Gasteiger partial charge in [0.1, 0.15) is 11.9 Å². The minimum absolute atomic E-state index is 0.129. The average molecular weight is 411 g/mol. The third kappa shape index (κ3) is 4.08. The van der Waals surface area contributed by atoms with Crippen LogP contribution in [0.1, 0.15) is 36.1 Å². The summed E-state index contributed by atoms with van der Waals surface area (Å²) in [5.74, 6) is -0.616. The Morgan fingerprint density at radius 2 is 1.90 bits per heavy atom. The Morgan fingerprint density at radius 3 is 2.60 bits per heavy atom. The summed E-state index contributed by atoms with van der Waals surface area (Å²) in [5.41, 5.74) is 9.30. The molecule has 3 N–H and O–H groups in total. The highest BCUT2D eigenvalue weighted by atomic mass is 19.1. The van der Waals surface area contributed by atoms with Crippen LogP contribution in [-0.4, -0.2) is 48.1 Å². The van der Waals surface area contributed by atoms with Crippen LogP contribution in [0.2, 0.25) is 0 Å². The monoisotopic (exact) mass is 411 g/mol. The number of benzene rings is 2. The van der Waals surface area contributed by atoms with Crippen LogP contribution in [-0.2, 0) is 20.7 Å². The molecule has 7 heteroatoms. The van der Waals surface area contributed by atoms with Crippen molar-refractivity contribution in [3.63, 3.8) is 0 Å². The SMILES string of the molecule is CC(=O)NC1CO[C@@H](C(=O)N2CCc3ccccc3[C@@H]2c2ccc(F)cc2)C[C@@H]1N. The Kier molecular flexibility index (Phi) is 5.83. The maximum Gasteiger partial charge on any atom is 0.252 e. The quantitative estimate of drug-likeness (QED) is 0.808. The van der Waals surface area contributed by atoms with E-state index in [4.69, 9.17) is 10.5 Å². The molecule has 2 amide bonds. The van der Waals surface area contributed by atoms with Gasteiger partial charge < -0.3 is 20.7 Å². The summed E-state index contributed by atoms with van der Waals surface area (Å²) in [6, 6.07) is 13.3. The number of carbonyl (C=O) groups excluding carboxylic acids is 2. The Balaban J connectivity index is 1.60. The van der Waals surface area contributed by atoms with Gasteiger partial charge in [0.05, 0.1) is 18.7 Å². The van der Waals surface area contributed by atoms with Gasteiger partial charge in [-0.3, -0.25) is 9.59 Å². The van der Waals surface area contributed by atoms with Crippen molar-refractivity contribution in [3.05, 3.63) is 71.0 Å². The Hall–Kier alpha value is -2.77. The molecule has 2 aromatic rings. The molecule has 158 valence electrons. The second kappa shape index (κ2) is 8.53. The highest BCUT2D eigenvalue weighted by Gasteiger charge is 2.39. The van der Waals surface area contributed by atoms with E-state index in [1.54, 1.807) is 12.1 Å². The zero-order valence-corrected chi connectivity index (χ0v) is 16.9. The lowest BCUT2D eigenvalue weighted by Gasteiger charge is -2.41. The van der Waals surface area contributed by atoms with Gasteiger partial charge >= 0.3 is 0 Å². The lowest BCUT2D eigenvalue weighted by Crippen LogP contribution is -2.58. The maximum atomic E-state index is 13.5. The predicted molar refractivity (Wildman–Crippen MR) is 110 cm³/mol. The van der Waals surface area contributed by atoms with Crippen molar-refractivity contribution in [1.29, 1.82) is 0 Å². The molecule has 1 saturated heterocycles. The average Bonchev–Trinajstić information content (AvgIpc) is 2.74. The van der Waals surface area contributed by atoms with Crippen LogP contribution in [0.15, 0.2) is 48.5 Å². The van der Waals surface area contributed by atoms with E-state index in [1.807, 2.05) is 23.1 Å². The number of nitrogens with zero attached hydrogens (tertiary/aromatic N) is 1. The first-order chi connectivity index (χ1) is 14.4. The third-order valence-corrected chi connectivity index (χ3v) is 5.90. The first-order valence-electron chi connectivity index (χ1n) is 10.2. The van der Waals surface area contributed by atoms with Crippen LogP contribution < -0.4 is 11.1 Å². The molecule has 2 aliphatic heterocycles. The number of rotatable bonds is 3. The summed E-state index contributed by atoms with van der Waals surface area (Å²) in [4.78, 5) is 26.6. The van der Waals surface area contributed by atoms with Crippen molar-refractivity contribution in [2.75, 3.05) is 13.2 Å². The van der Waals surface area contributed by atoms with Crippen LogP contribution in [0.3, 0.4) is 0 Å². The third-order valence-electron chi connectivity index (χ3n) is 5.90. The number of nitrogens with one attached hydrogen (secondary N) is 1. The molecule has 4 atom stereocenters. The van der Waals surface area contributed by atoms with Crippen molar-refractivity contribution < 1.29 is 18.7 Å². The van der Waals surface area contributed by atoms with Gasteiger partial charge in [-0.15, -0.1) is 0 Å². The Labute approximate surface area is 175 Å². The molecule has 2 heterocycles. The summed E-state index contributed by atoms with van der Waals surface area (Å²) in [7, 11) is 0. The largest absolute Gasteiger partial charge is 0.366 e. The summed E-state index contributed by atoms with van der Waals surface area (Å²) in [6.07, 6.45) is 0.406. The molecule has 30 heavy (non-hydrogen) atoms. The van der Waals surface area contributed by atoms with Crippen molar-refractivity contribution in [2.45, 2.75) is 44.0 Å². The topological polar surface area (TPSA) is 84.7 Å². The van der Waals surface area contributed by atoms with Crippen LogP contribution in [0.25, 0.3) is 0 Å². The van der Waals surface area contributed by atoms with Crippen LogP contribution in [0, 0.1) is 5.82 Å². The van der Waals surface area contributed by atoms with Crippen molar-refractivity contribution in [3.8, 4) is 0 Å². The summed E-state index contributed by atoms with van der Waals surface area (Å²) in [6.45, 7) is 2.17. The molecule has 4 rings (SSSR count). The zero-order valence-electron chi connectivity index (χ0n) is 16.9. The molecular formula is C23H26FN3O3. The van der Waals surface area contributed by atoms with E-state index in [0.29, 0.717) is 13.0 Å². The lowest BCUT2D eigenvalue weighted by molar-refractivity contribution is -0.150. The van der Waals surface area contributed by atoms with Crippen molar-refractivity contribution in [2.24, 2.45) is 5.73 Å². The van der Waals surface area contributed by atoms with Gasteiger partial charge in [-0.25, -0.2) is 4.39 Å². The first kappa shape index (κ1) is 20.5. The van der Waals surface area contributed by atoms with Crippen molar-refractivity contribution in [1.82, 2.24) is 10.2 Å². The molecule has 0 radical (unpaired) electrons. The number of carbonyl (C=O) groups is 2. The Morgan fingerprint density at radius 1 is 1.17 bits per heavy atom. The first-order valence-corrected chi connectivity index (χ1v) is 10.2. The molecule has 0 bridgehead atoms. The minimum Gasteiger partial charge on any atom is -0.366 e. The second-order valence-corrected chi connectivity index (χ2v) is 7.96. The van der Waals surface area contributed by atoms with Gasteiger partial charge in [0.25, 0.3) is 5.91 Å². The van der Waals surface area contributed by atoms with E-state index >= 15 is 0 Å². The van der Waals surface area contributed by atoms with Crippen LogP contribution in [0.4, 0.5) is 4.39 Å². The van der Waals surface area contributed by atoms with Crippen molar-refractivity contribution >= 4 is 11.8 Å². The molecule has 2 aromatic carbocycles. The summed E-state index contributed by atoms with van der Waals surface area (Å²) < 4.78 is 19.3. The van der Waals surface area contributed by atoms with Gasteiger partial charge in [-0.05, 0) is 41.7 Å². The molecule has 2 aliphatic rings. The number of hydrogen-bond acceptors (Lipinski definition) is 4. The molecule has 1 unspecified atom stereocenters. The van der Waals surface area contributed by atoms with E-state index in [0.717, 1.165) is 17.5 Å². The van der Waals surface area contributed by atoms with Gasteiger partial charge in [-0.2, -0.15) is 0 Å². The maximum absolute atomic E-state index is 13.5. The molecule has 6 nitrogen and oxygen atoms in total. The second-order valence-electron chi connectivity index (χ2n) is 7.96. The number of fused-ring (bicyclic) bond motifs is 1. The normalized spacial score (nSPS) is 26.0. The fourth-order valence-electron chi connectivity index (χ4n) is 4.40. The van der Waals surface area contributed by atoms with Crippen LogP contribution >= 0.6 is 0 Å². The van der Waals surface area contributed by atoms with Gasteiger partial charge in [-0.1, -0.05) is 36.4 Å². The molecular weight excluding hydrogens is 385 g/mol. The van der Waals surface area contributed by atoms with Gasteiger partial charge in [0, 0.05) is 19.5 Å². The highest BCUT2D eigenvalue weighted by molar-refractivity contribution is 5.82. The molecule has 0 spiro atoms. The fraction of sp³-hybridized carbons (Fsp3) is 0.391.